The van der Waals surface area contributed by atoms with Crippen LogP contribution in [-0.2, 0) is 5.75 Å². The molecule has 0 unspecified atom stereocenters. The number of ether oxygens (including phenoxy) is 1. The van der Waals surface area contributed by atoms with Gasteiger partial charge in [0.05, 0.1) is 12.8 Å². The van der Waals surface area contributed by atoms with Crippen LogP contribution in [0.5, 0.6) is 5.75 Å². The molecule has 130 valence electrons. The molecular weight excluding hydrogens is 344 g/mol. The van der Waals surface area contributed by atoms with E-state index in [1.807, 2.05) is 40.9 Å². The van der Waals surface area contributed by atoms with E-state index >= 15 is 0 Å². The van der Waals surface area contributed by atoms with Crippen LogP contribution in [0.3, 0.4) is 0 Å². The van der Waals surface area contributed by atoms with Crippen LogP contribution >= 0.6 is 11.8 Å². The number of aromatic nitrogens is 4. The predicted molar refractivity (Wildman–Crippen MR) is 104 cm³/mol. The third-order valence-corrected chi connectivity index (χ3v) is 5.21. The maximum absolute atomic E-state index is 5.22. The Labute approximate surface area is 156 Å². The summed E-state index contributed by atoms with van der Waals surface area (Å²) in [6.07, 6.45) is 0. The minimum absolute atomic E-state index is 0.745. The summed E-state index contributed by atoms with van der Waals surface area (Å²) in [4.78, 5) is 0. The largest absolute Gasteiger partial charge is 0.497 e. The molecule has 0 radical (unpaired) electrons. The lowest BCUT2D eigenvalue weighted by Gasteiger charge is -2.06. The second-order valence-electron chi connectivity index (χ2n) is 5.91. The fourth-order valence-electron chi connectivity index (χ4n) is 2.69. The summed E-state index contributed by atoms with van der Waals surface area (Å²) in [5, 5.41) is 14.0. The molecule has 2 heterocycles. The van der Waals surface area contributed by atoms with E-state index < -0.39 is 0 Å². The second kappa shape index (κ2) is 7.17. The van der Waals surface area contributed by atoms with E-state index in [-0.39, 0.29) is 0 Å². The number of nitrogens with zero attached hydrogens (tertiary/aromatic N) is 4. The second-order valence-corrected chi connectivity index (χ2v) is 6.86. The maximum Gasteiger partial charge on any atom is 0.212 e. The highest BCUT2D eigenvalue weighted by molar-refractivity contribution is 7.98. The molecule has 0 spiro atoms. The van der Waals surface area contributed by atoms with Crippen LogP contribution in [0.4, 0.5) is 0 Å². The predicted octanol–water partition coefficient (Wildman–Crippen LogP) is 4.40. The number of fused-ring (bicyclic) bond motifs is 1. The topological polar surface area (TPSA) is 52.3 Å². The first kappa shape index (κ1) is 16.6. The van der Waals surface area contributed by atoms with Crippen LogP contribution in [0.1, 0.15) is 11.1 Å². The van der Waals surface area contributed by atoms with Gasteiger partial charge in [-0.2, -0.15) is 9.61 Å². The molecule has 0 aliphatic carbocycles. The van der Waals surface area contributed by atoms with Gasteiger partial charge in [-0.1, -0.05) is 36.0 Å². The molecule has 0 aliphatic heterocycles. The van der Waals surface area contributed by atoms with Crippen molar-refractivity contribution in [3.8, 4) is 17.0 Å². The van der Waals surface area contributed by atoms with E-state index in [4.69, 9.17) is 9.84 Å². The monoisotopic (exact) mass is 362 g/mol. The van der Waals surface area contributed by atoms with Crippen LogP contribution in [0.15, 0.2) is 65.8 Å². The summed E-state index contributed by atoms with van der Waals surface area (Å²) >= 11 is 1.64. The fourth-order valence-corrected chi connectivity index (χ4v) is 3.65. The van der Waals surface area contributed by atoms with Crippen molar-refractivity contribution >= 4 is 17.4 Å². The van der Waals surface area contributed by atoms with E-state index in [9.17, 15) is 0 Å². The van der Waals surface area contributed by atoms with Crippen LogP contribution in [-0.4, -0.2) is 26.9 Å². The number of hydrogen-bond acceptors (Lipinski definition) is 5. The first-order valence-electron chi connectivity index (χ1n) is 8.29. The minimum Gasteiger partial charge on any atom is -0.497 e. The van der Waals surface area contributed by atoms with E-state index in [1.54, 1.807) is 18.9 Å². The highest BCUT2D eigenvalue weighted by Gasteiger charge is 2.10. The smallest absolute Gasteiger partial charge is 0.212 e. The molecular formula is C20H18N4OS. The highest BCUT2D eigenvalue weighted by Crippen LogP contribution is 2.25. The van der Waals surface area contributed by atoms with Crippen molar-refractivity contribution in [2.75, 3.05) is 7.11 Å². The molecule has 0 atom stereocenters. The van der Waals surface area contributed by atoms with Crippen molar-refractivity contribution in [3.05, 3.63) is 71.8 Å². The number of aryl methyl sites for hydroxylation is 1. The minimum atomic E-state index is 0.745. The molecule has 5 nitrogen and oxygen atoms in total. The van der Waals surface area contributed by atoms with Gasteiger partial charge in [0.15, 0.2) is 5.65 Å². The average molecular weight is 362 g/mol. The Morgan fingerprint density at radius 2 is 1.77 bits per heavy atom. The summed E-state index contributed by atoms with van der Waals surface area (Å²) in [5.74, 6) is 1.66. The van der Waals surface area contributed by atoms with Crippen molar-refractivity contribution in [2.45, 2.75) is 17.8 Å². The fraction of sp³-hybridized carbons (Fsp3) is 0.150. The SMILES string of the molecule is COc1ccc(-c2ccc3nnc(SCc4ccccc4C)n3n2)cc1. The molecule has 0 bridgehead atoms. The zero-order valence-corrected chi connectivity index (χ0v) is 15.4. The van der Waals surface area contributed by atoms with Crippen molar-refractivity contribution < 1.29 is 4.74 Å². The molecule has 26 heavy (non-hydrogen) atoms. The Balaban J connectivity index is 1.63. The number of hydrogen-bond donors (Lipinski definition) is 0. The summed E-state index contributed by atoms with van der Waals surface area (Å²) < 4.78 is 7.02. The van der Waals surface area contributed by atoms with E-state index in [2.05, 4.69) is 41.4 Å². The highest BCUT2D eigenvalue weighted by atomic mass is 32.2. The molecule has 0 aliphatic rings. The Kier molecular flexibility index (Phi) is 4.58. The number of thioether (sulfide) groups is 1. The van der Waals surface area contributed by atoms with Gasteiger partial charge in [-0.25, -0.2) is 0 Å². The van der Waals surface area contributed by atoms with Gasteiger partial charge in [0.2, 0.25) is 5.16 Å². The third kappa shape index (κ3) is 3.28. The third-order valence-electron chi connectivity index (χ3n) is 4.24. The van der Waals surface area contributed by atoms with Crippen LogP contribution in [0.2, 0.25) is 0 Å². The van der Waals surface area contributed by atoms with Gasteiger partial charge in [-0.15, -0.1) is 10.2 Å². The average Bonchev–Trinajstić information content (AvgIpc) is 3.10. The van der Waals surface area contributed by atoms with E-state index in [0.29, 0.717) is 0 Å². The molecule has 0 saturated carbocycles. The lowest BCUT2D eigenvalue weighted by molar-refractivity contribution is 0.415. The molecule has 2 aromatic heterocycles. The zero-order chi connectivity index (χ0) is 17.9. The van der Waals surface area contributed by atoms with Crippen LogP contribution in [0, 0.1) is 6.92 Å². The Morgan fingerprint density at radius 3 is 2.54 bits per heavy atom. The molecule has 2 aromatic carbocycles. The first-order valence-corrected chi connectivity index (χ1v) is 9.27. The van der Waals surface area contributed by atoms with Crippen molar-refractivity contribution in [3.63, 3.8) is 0 Å². The Bertz CT molecular complexity index is 1040. The van der Waals surface area contributed by atoms with Gasteiger partial charge in [0.1, 0.15) is 5.75 Å². The van der Waals surface area contributed by atoms with Crippen molar-refractivity contribution in [1.82, 2.24) is 19.8 Å². The van der Waals surface area contributed by atoms with Gasteiger partial charge in [-0.05, 0) is 54.4 Å². The molecule has 4 rings (SSSR count). The number of methoxy groups -OCH3 is 1. The van der Waals surface area contributed by atoms with E-state index in [0.717, 1.165) is 33.6 Å². The summed E-state index contributed by atoms with van der Waals surface area (Å²) in [5.41, 5.74) is 5.21. The molecule has 4 aromatic rings. The van der Waals surface area contributed by atoms with Gasteiger partial charge < -0.3 is 4.74 Å². The van der Waals surface area contributed by atoms with Crippen molar-refractivity contribution in [1.29, 1.82) is 0 Å². The molecule has 0 fully saturated rings. The standard InChI is InChI=1S/C20H18N4OS/c1-14-5-3-4-6-16(14)13-26-20-22-21-19-12-11-18(23-24(19)20)15-7-9-17(25-2)10-8-15/h3-12H,13H2,1-2H3. The Hall–Kier alpha value is -2.86. The lowest BCUT2D eigenvalue weighted by atomic mass is 10.1. The van der Waals surface area contributed by atoms with E-state index in [1.165, 1.54) is 11.1 Å². The lowest BCUT2D eigenvalue weighted by Crippen LogP contribution is -1.97. The Morgan fingerprint density at radius 1 is 0.962 bits per heavy atom. The van der Waals surface area contributed by atoms with Crippen LogP contribution in [0.25, 0.3) is 16.9 Å². The van der Waals surface area contributed by atoms with Crippen LogP contribution < -0.4 is 4.74 Å². The molecule has 0 saturated heterocycles. The summed E-state index contributed by atoms with van der Waals surface area (Å²) in [7, 11) is 1.66. The molecule has 0 amide bonds. The summed E-state index contributed by atoms with van der Waals surface area (Å²) in [6.45, 7) is 2.12. The van der Waals surface area contributed by atoms with Gasteiger partial charge >= 0.3 is 0 Å². The quantitative estimate of drug-likeness (QED) is 0.493. The van der Waals surface area contributed by atoms with Gasteiger partial charge in [-0.3, -0.25) is 0 Å². The maximum atomic E-state index is 5.22. The zero-order valence-electron chi connectivity index (χ0n) is 14.6. The van der Waals surface area contributed by atoms with Gasteiger partial charge in [0.25, 0.3) is 0 Å². The first-order chi connectivity index (χ1) is 12.7. The normalized spacial score (nSPS) is 11.0. The number of benzene rings is 2. The van der Waals surface area contributed by atoms with Gasteiger partial charge in [0, 0.05) is 11.3 Å². The molecule has 6 heteroatoms. The molecule has 0 N–H and O–H groups in total. The number of rotatable bonds is 5. The summed E-state index contributed by atoms with van der Waals surface area (Å²) in [6, 6.07) is 20.1. The van der Waals surface area contributed by atoms with Crippen molar-refractivity contribution in [2.24, 2.45) is 0 Å².